The molecule has 0 radical (unpaired) electrons. The molecular formula is C10H11ClN2. The Kier molecular flexibility index (Phi) is 2.00. The fraction of sp³-hybridized carbons (Fsp3) is 0.300. The van der Waals surface area contributed by atoms with E-state index in [2.05, 4.69) is 29.9 Å². The van der Waals surface area contributed by atoms with Gasteiger partial charge in [-0.3, -0.25) is 4.98 Å². The molecule has 2 rings (SSSR count). The molecule has 0 amide bonds. The highest BCUT2D eigenvalue weighted by atomic mass is 35.5. The first kappa shape index (κ1) is 8.57. The summed E-state index contributed by atoms with van der Waals surface area (Å²) in [4.78, 5) is 7.32. The smallest absolute Gasteiger partial charge is 0.0830 e. The van der Waals surface area contributed by atoms with Gasteiger partial charge < -0.3 is 4.98 Å². The molecule has 0 atom stereocenters. The minimum atomic E-state index is 0.489. The Morgan fingerprint density at radius 1 is 1.38 bits per heavy atom. The second kappa shape index (κ2) is 3.04. The van der Waals surface area contributed by atoms with Crippen molar-refractivity contribution < 1.29 is 0 Å². The van der Waals surface area contributed by atoms with E-state index in [0.717, 1.165) is 10.9 Å². The molecule has 3 heteroatoms. The molecule has 0 aliphatic carbocycles. The SMILES string of the molecule is CC(C)c1cc2cncc(Cl)c2[nH]1. The lowest BCUT2D eigenvalue weighted by atomic mass is 10.1. The van der Waals surface area contributed by atoms with E-state index in [9.17, 15) is 0 Å². The topological polar surface area (TPSA) is 28.7 Å². The molecule has 0 aromatic carbocycles. The Hall–Kier alpha value is -1.02. The zero-order chi connectivity index (χ0) is 9.42. The quantitative estimate of drug-likeness (QED) is 0.741. The van der Waals surface area contributed by atoms with E-state index in [4.69, 9.17) is 11.6 Å². The van der Waals surface area contributed by atoms with Gasteiger partial charge in [0.2, 0.25) is 0 Å². The standard InChI is InChI=1S/C10H11ClN2/c1-6(2)9-3-7-4-12-5-8(11)10(7)13-9/h3-6,13H,1-2H3. The van der Waals surface area contributed by atoms with E-state index in [1.54, 1.807) is 6.20 Å². The van der Waals surface area contributed by atoms with E-state index < -0.39 is 0 Å². The van der Waals surface area contributed by atoms with E-state index in [0.29, 0.717) is 10.9 Å². The maximum atomic E-state index is 5.98. The van der Waals surface area contributed by atoms with Crippen LogP contribution in [0.5, 0.6) is 0 Å². The number of fused-ring (bicyclic) bond motifs is 1. The number of pyridine rings is 1. The number of halogens is 1. The molecule has 0 saturated heterocycles. The van der Waals surface area contributed by atoms with Gasteiger partial charge in [-0.1, -0.05) is 25.4 Å². The normalized spacial score (nSPS) is 11.4. The second-order valence-corrected chi connectivity index (χ2v) is 3.87. The Balaban J connectivity index is 2.68. The Bertz CT molecular complexity index is 431. The molecule has 2 nitrogen and oxygen atoms in total. The van der Waals surface area contributed by atoms with Gasteiger partial charge in [-0.2, -0.15) is 0 Å². The van der Waals surface area contributed by atoms with Gasteiger partial charge in [-0.05, 0) is 12.0 Å². The van der Waals surface area contributed by atoms with E-state index in [1.165, 1.54) is 5.69 Å². The summed E-state index contributed by atoms with van der Waals surface area (Å²) in [6.07, 6.45) is 3.48. The summed E-state index contributed by atoms with van der Waals surface area (Å²) in [6, 6.07) is 2.10. The molecule has 0 saturated carbocycles. The molecule has 2 aromatic rings. The van der Waals surface area contributed by atoms with Gasteiger partial charge in [0.05, 0.1) is 10.5 Å². The van der Waals surface area contributed by atoms with Crippen LogP contribution in [0.1, 0.15) is 25.5 Å². The Morgan fingerprint density at radius 3 is 2.77 bits per heavy atom. The average Bonchev–Trinajstić information content (AvgIpc) is 2.49. The molecule has 0 aliphatic heterocycles. The number of nitrogens with zero attached hydrogens (tertiary/aromatic N) is 1. The number of rotatable bonds is 1. The highest BCUT2D eigenvalue weighted by molar-refractivity contribution is 6.34. The van der Waals surface area contributed by atoms with Crippen molar-refractivity contribution in [1.29, 1.82) is 0 Å². The minimum Gasteiger partial charge on any atom is -0.357 e. The van der Waals surface area contributed by atoms with Crippen molar-refractivity contribution in [2.75, 3.05) is 0 Å². The van der Waals surface area contributed by atoms with Crippen LogP contribution >= 0.6 is 11.6 Å². The summed E-state index contributed by atoms with van der Waals surface area (Å²) in [5.41, 5.74) is 2.19. The first-order valence-corrected chi connectivity index (χ1v) is 4.68. The van der Waals surface area contributed by atoms with Crippen molar-refractivity contribution in [1.82, 2.24) is 9.97 Å². The van der Waals surface area contributed by atoms with E-state index >= 15 is 0 Å². The summed E-state index contributed by atoms with van der Waals surface area (Å²) in [6.45, 7) is 4.29. The first-order valence-electron chi connectivity index (χ1n) is 4.30. The predicted molar refractivity (Wildman–Crippen MR) is 55.2 cm³/mol. The third-order valence-corrected chi connectivity index (χ3v) is 2.42. The van der Waals surface area contributed by atoms with Crippen LogP contribution in [0.15, 0.2) is 18.5 Å². The van der Waals surface area contributed by atoms with Crippen molar-refractivity contribution >= 4 is 22.5 Å². The fourth-order valence-corrected chi connectivity index (χ4v) is 1.56. The van der Waals surface area contributed by atoms with Crippen LogP contribution in [0.25, 0.3) is 10.9 Å². The van der Waals surface area contributed by atoms with Gasteiger partial charge in [0.25, 0.3) is 0 Å². The Labute approximate surface area is 81.9 Å². The number of H-pyrrole nitrogens is 1. The molecule has 0 unspecified atom stereocenters. The maximum absolute atomic E-state index is 5.98. The molecule has 68 valence electrons. The molecule has 0 bridgehead atoms. The Morgan fingerprint density at radius 2 is 2.15 bits per heavy atom. The van der Waals surface area contributed by atoms with Crippen LogP contribution in [0.3, 0.4) is 0 Å². The van der Waals surface area contributed by atoms with Crippen molar-refractivity contribution in [2.24, 2.45) is 0 Å². The molecule has 1 N–H and O–H groups in total. The molecule has 2 aromatic heterocycles. The lowest BCUT2D eigenvalue weighted by molar-refractivity contribution is 0.836. The zero-order valence-electron chi connectivity index (χ0n) is 7.63. The van der Waals surface area contributed by atoms with Crippen molar-refractivity contribution in [3.05, 3.63) is 29.2 Å². The highest BCUT2D eigenvalue weighted by Crippen LogP contribution is 2.25. The second-order valence-electron chi connectivity index (χ2n) is 3.46. The number of hydrogen-bond acceptors (Lipinski definition) is 1. The van der Waals surface area contributed by atoms with Crippen LogP contribution < -0.4 is 0 Å². The van der Waals surface area contributed by atoms with Crippen LogP contribution in [0, 0.1) is 0 Å². The van der Waals surface area contributed by atoms with Crippen LogP contribution in [-0.2, 0) is 0 Å². The van der Waals surface area contributed by atoms with Gasteiger partial charge in [0.1, 0.15) is 0 Å². The number of nitrogens with one attached hydrogen (secondary N) is 1. The summed E-state index contributed by atoms with van der Waals surface area (Å²) in [5, 5.41) is 1.76. The average molecular weight is 195 g/mol. The number of aromatic amines is 1. The minimum absolute atomic E-state index is 0.489. The predicted octanol–water partition coefficient (Wildman–Crippen LogP) is 3.34. The fourth-order valence-electron chi connectivity index (χ4n) is 1.35. The van der Waals surface area contributed by atoms with Crippen LogP contribution in [0.2, 0.25) is 5.02 Å². The third-order valence-electron chi connectivity index (χ3n) is 2.13. The summed E-state index contributed by atoms with van der Waals surface area (Å²) in [7, 11) is 0. The maximum Gasteiger partial charge on any atom is 0.0830 e. The largest absolute Gasteiger partial charge is 0.357 e. The molecule has 13 heavy (non-hydrogen) atoms. The summed E-state index contributed by atoms with van der Waals surface area (Å²) in [5.74, 6) is 0.489. The van der Waals surface area contributed by atoms with Crippen molar-refractivity contribution in [3.8, 4) is 0 Å². The van der Waals surface area contributed by atoms with E-state index in [-0.39, 0.29) is 0 Å². The molecule has 0 fully saturated rings. The van der Waals surface area contributed by atoms with Crippen LogP contribution in [-0.4, -0.2) is 9.97 Å². The van der Waals surface area contributed by atoms with Gasteiger partial charge >= 0.3 is 0 Å². The zero-order valence-corrected chi connectivity index (χ0v) is 8.39. The highest BCUT2D eigenvalue weighted by Gasteiger charge is 2.06. The number of aromatic nitrogens is 2. The lowest BCUT2D eigenvalue weighted by Gasteiger charge is -1.98. The van der Waals surface area contributed by atoms with Crippen molar-refractivity contribution in [3.63, 3.8) is 0 Å². The van der Waals surface area contributed by atoms with Gasteiger partial charge in [0.15, 0.2) is 0 Å². The summed E-state index contributed by atoms with van der Waals surface area (Å²) >= 11 is 5.98. The van der Waals surface area contributed by atoms with Gasteiger partial charge in [-0.15, -0.1) is 0 Å². The molecular weight excluding hydrogens is 184 g/mol. The molecule has 0 aliphatic rings. The van der Waals surface area contributed by atoms with Crippen molar-refractivity contribution in [2.45, 2.75) is 19.8 Å². The third kappa shape index (κ3) is 1.42. The van der Waals surface area contributed by atoms with Crippen LogP contribution in [0.4, 0.5) is 0 Å². The molecule has 0 spiro atoms. The van der Waals surface area contributed by atoms with Gasteiger partial charge in [-0.25, -0.2) is 0 Å². The molecule has 2 heterocycles. The van der Waals surface area contributed by atoms with Gasteiger partial charge in [0, 0.05) is 23.5 Å². The number of hydrogen-bond donors (Lipinski definition) is 1. The monoisotopic (exact) mass is 194 g/mol. The first-order chi connectivity index (χ1) is 6.18. The summed E-state index contributed by atoms with van der Waals surface area (Å²) < 4.78 is 0. The van der Waals surface area contributed by atoms with E-state index in [1.807, 2.05) is 6.20 Å². The lowest BCUT2D eigenvalue weighted by Crippen LogP contribution is -1.84.